The molecule has 0 spiro atoms. The number of benzene rings is 1. The Labute approximate surface area is 225 Å². The highest BCUT2D eigenvalue weighted by Crippen LogP contribution is 2.42. The molecule has 4 heterocycles. The van der Waals surface area contributed by atoms with E-state index < -0.39 is 23.2 Å². The van der Waals surface area contributed by atoms with E-state index in [-0.39, 0.29) is 17.2 Å². The van der Waals surface area contributed by atoms with Crippen LogP contribution in [0.5, 0.6) is 0 Å². The fourth-order valence-corrected chi connectivity index (χ4v) is 5.18. The van der Waals surface area contributed by atoms with Crippen LogP contribution >= 0.6 is 0 Å². The van der Waals surface area contributed by atoms with Gasteiger partial charge in [0, 0.05) is 48.0 Å². The number of aliphatic hydroxyl groups is 1. The molecule has 1 aliphatic rings. The van der Waals surface area contributed by atoms with Crippen molar-refractivity contribution in [2.24, 2.45) is 7.05 Å². The number of anilines is 2. The van der Waals surface area contributed by atoms with Crippen molar-refractivity contribution in [3.05, 3.63) is 89.4 Å². The number of carbonyl (C=O) groups excluding carboxylic acids is 1. The lowest BCUT2D eigenvalue weighted by atomic mass is 9.82. The maximum atomic E-state index is 13.0. The molecular weight excluding hydrogens is 525 g/mol. The first kappa shape index (κ1) is 25.5. The number of hydrogen-bond acceptors (Lipinski definition) is 7. The highest BCUT2D eigenvalue weighted by molar-refractivity contribution is 6.04. The predicted molar refractivity (Wildman–Crippen MR) is 139 cm³/mol. The highest BCUT2D eigenvalue weighted by Gasteiger charge is 2.42. The van der Waals surface area contributed by atoms with Crippen LogP contribution in [0.2, 0.25) is 0 Å². The number of nitrogen functional groups attached to an aromatic ring is 1. The normalized spacial score (nSPS) is 17.1. The number of alkyl halides is 3. The topological polar surface area (TPSA) is 136 Å². The Hall–Kier alpha value is -4.78. The Kier molecular flexibility index (Phi) is 5.84. The largest absolute Gasteiger partial charge is 0.416 e. The molecule has 204 valence electrons. The van der Waals surface area contributed by atoms with Gasteiger partial charge in [0.2, 0.25) is 0 Å². The SMILES string of the molecule is Cn1ncc2c1CCCC2(O)c1nc(-c2ccc(C(=O)Nc3cc(C(F)(F)F)ccn3)cc2)c2c(N)nccn12. The Morgan fingerprint density at radius 2 is 1.93 bits per heavy atom. The van der Waals surface area contributed by atoms with E-state index in [9.17, 15) is 23.1 Å². The number of amides is 1. The first-order chi connectivity index (χ1) is 19.1. The van der Waals surface area contributed by atoms with Gasteiger partial charge in [0.25, 0.3) is 5.91 Å². The maximum absolute atomic E-state index is 13.0. The minimum absolute atomic E-state index is 0.198. The van der Waals surface area contributed by atoms with Crippen LogP contribution in [-0.4, -0.2) is 40.1 Å². The highest BCUT2D eigenvalue weighted by atomic mass is 19.4. The van der Waals surface area contributed by atoms with Crippen molar-refractivity contribution in [2.75, 3.05) is 11.1 Å². The van der Waals surface area contributed by atoms with Crippen LogP contribution in [0.4, 0.5) is 24.8 Å². The van der Waals surface area contributed by atoms with Gasteiger partial charge in [-0.15, -0.1) is 0 Å². The van der Waals surface area contributed by atoms with E-state index in [0.717, 1.165) is 36.9 Å². The van der Waals surface area contributed by atoms with Gasteiger partial charge in [0.15, 0.2) is 11.4 Å². The summed E-state index contributed by atoms with van der Waals surface area (Å²) < 4.78 is 42.5. The number of hydrogen-bond donors (Lipinski definition) is 3. The van der Waals surface area contributed by atoms with Crippen LogP contribution in [-0.2, 0) is 25.2 Å². The minimum atomic E-state index is -4.56. The molecule has 1 aliphatic carbocycles. The number of nitrogens with zero attached hydrogens (tertiary/aromatic N) is 6. The van der Waals surface area contributed by atoms with Crippen molar-refractivity contribution in [1.82, 2.24) is 29.1 Å². The van der Waals surface area contributed by atoms with E-state index in [1.54, 1.807) is 33.6 Å². The monoisotopic (exact) mass is 548 g/mol. The van der Waals surface area contributed by atoms with E-state index in [2.05, 4.69) is 20.4 Å². The number of fused-ring (bicyclic) bond motifs is 2. The Morgan fingerprint density at radius 1 is 1.15 bits per heavy atom. The van der Waals surface area contributed by atoms with Gasteiger partial charge in [-0.1, -0.05) is 12.1 Å². The molecular formula is C27H23F3N8O2. The van der Waals surface area contributed by atoms with Crippen LogP contribution in [0.25, 0.3) is 16.8 Å². The number of aryl methyl sites for hydroxylation is 1. The molecule has 1 amide bonds. The number of aromatic nitrogens is 6. The summed E-state index contributed by atoms with van der Waals surface area (Å²) >= 11 is 0. The lowest BCUT2D eigenvalue weighted by Gasteiger charge is -2.31. The van der Waals surface area contributed by atoms with E-state index in [1.807, 2.05) is 7.05 Å². The molecule has 0 saturated carbocycles. The Balaban J connectivity index is 1.36. The number of pyridine rings is 1. The van der Waals surface area contributed by atoms with Crippen LogP contribution in [0, 0.1) is 0 Å². The molecule has 0 aliphatic heterocycles. The van der Waals surface area contributed by atoms with Crippen molar-refractivity contribution < 1.29 is 23.1 Å². The molecule has 10 nitrogen and oxygen atoms in total. The molecule has 1 aromatic carbocycles. The Morgan fingerprint density at radius 3 is 2.67 bits per heavy atom. The van der Waals surface area contributed by atoms with Gasteiger partial charge < -0.3 is 16.2 Å². The van der Waals surface area contributed by atoms with Crippen molar-refractivity contribution in [3.8, 4) is 11.3 Å². The van der Waals surface area contributed by atoms with Crippen LogP contribution in [0.3, 0.4) is 0 Å². The van der Waals surface area contributed by atoms with Crippen LogP contribution < -0.4 is 11.1 Å². The standard InChI is InChI=1S/C27H23F3N8O2/c1-37-19-3-2-9-26(40,18(19)14-34-37)25-36-21(22-23(31)33-11-12-38(22)25)15-4-6-16(7-5-15)24(39)35-20-13-17(8-10-32-20)27(28,29)30/h4-8,10-14,40H,2-3,9H2,1H3,(H2,31,33)(H,32,35,39). The van der Waals surface area contributed by atoms with Crippen molar-refractivity contribution in [3.63, 3.8) is 0 Å². The fourth-order valence-electron chi connectivity index (χ4n) is 5.18. The minimum Gasteiger partial charge on any atom is -0.382 e. The molecule has 0 saturated heterocycles. The fraction of sp³-hybridized carbons (Fsp3) is 0.222. The average Bonchev–Trinajstić information content (AvgIpc) is 3.52. The second kappa shape index (κ2) is 9.16. The molecule has 1 atom stereocenters. The summed E-state index contributed by atoms with van der Waals surface area (Å²) in [5.41, 5.74) is 7.30. The van der Waals surface area contributed by atoms with Crippen LogP contribution in [0.15, 0.2) is 61.2 Å². The van der Waals surface area contributed by atoms with E-state index in [1.165, 1.54) is 18.3 Å². The summed E-state index contributed by atoms with van der Waals surface area (Å²) in [6.07, 6.45) is 3.26. The summed E-state index contributed by atoms with van der Waals surface area (Å²) in [6, 6.07) is 7.92. The van der Waals surface area contributed by atoms with E-state index in [4.69, 9.17) is 10.7 Å². The molecule has 6 rings (SSSR count). The summed E-state index contributed by atoms with van der Waals surface area (Å²) in [5.74, 6) is -0.268. The van der Waals surface area contributed by atoms with Gasteiger partial charge in [-0.25, -0.2) is 15.0 Å². The number of rotatable bonds is 4. The summed E-state index contributed by atoms with van der Waals surface area (Å²) in [5, 5.41) is 18.7. The van der Waals surface area contributed by atoms with Gasteiger partial charge in [0.05, 0.1) is 11.8 Å². The maximum Gasteiger partial charge on any atom is 0.416 e. The molecule has 1 unspecified atom stereocenters. The zero-order chi connectivity index (χ0) is 28.2. The average molecular weight is 549 g/mol. The van der Waals surface area contributed by atoms with Gasteiger partial charge >= 0.3 is 6.18 Å². The lowest BCUT2D eigenvalue weighted by Crippen LogP contribution is -2.34. The zero-order valence-corrected chi connectivity index (χ0v) is 21.1. The number of halogens is 3. The molecule has 0 bridgehead atoms. The molecule has 4 N–H and O–H groups in total. The Bertz CT molecular complexity index is 1760. The number of nitrogens with two attached hydrogens (primary N) is 1. The molecule has 13 heteroatoms. The zero-order valence-electron chi connectivity index (χ0n) is 21.1. The predicted octanol–water partition coefficient (Wildman–Crippen LogP) is 3.95. The van der Waals surface area contributed by atoms with Crippen molar-refractivity contribution in [1.29, 1.82) is 0 Å². The summed E-state index contributed by atoms with van der Waals surface area (Å²) in [6.45, 7) is 0. The van der Waals surface area contributed by atoms with Crippen LogP contribution in [0.1, 0.15) is 45.8 Å². The first-order valence-electron chi connectivity index (χ1n) is 12.4. The van der Waals surface area contributed by atoms with E-state index in [0.29, 0.717) is 34.6 Å². The second-order valence-corrected chi connectivity index (χ2v) is 9.62. The smallest absolute Gasteiger partial charge is 0.382 e. The number of nitrogens with one attached hydrogen (secondary N) is 1. The molecule has 0 fully saturated rings. The molecule has 0 radical (unpaired) electrons. The van der Waals surface area contributed by atoms with E-state index >= 15 is 0 Å². The van der Waals surface area contributed by atoms with Crippen molar-refractivity contribution in [2.45, 2.75) is 31.0 Å². The van der Waals surface area contributed by atoms with Gasteiger partial charge in [-0.2, -0.15) is 18.3 Å². The summed E-state index contributed by atoms with van der Waals surface area (Å²) in [4.78, 5) is 25.6. The number of carbonyl (C=O) groups is 1. The third-order valence-electron chi connectivity index (χ3n) is 7.16. The molecule has 40 heavy (non-hydrogen) atoms. The summed E-state index contributed by atoms with van der Waals surface area (Å²) in [7, 11) is 1.84. The molecule has 5 aromatic rings. The number of imidazole rings is 1. The second-order valence-electron chi connectivity index (χ2n) is 9.62. The van der Waals surface area contributed by atoms with Crippen molar-refractivity contribution >= 4 is 23.1 Å². The quantitative estimate of drug-likeness (QED) is 0.309. The van der Waals surface area contributed by atoms with Gasteiger partial charge in [0.1, 0.15) is 22.8 Å². The lowest BCUT2D eigenvalue weighted by molar-refractivity contribution is -0.137. The molecule has 4 aromatic heterocycles. The van der Waals surface area contributed by atoms with Gasteiger partial charge in [-0.3, -0.25) is 13.9 Å². The third kappa shape index (κ3) is 4.14. The third-order valence-corrected chi connectivity index (χ3v) is 7.16. The van der Waals surface area contributed by atoms with Gasteiger partial charge in [-0.05, 0) is 43.5 Å². The first-order valence-corrected chi connectivity index (χ1v) is 12.4.